The lowest BCUT2D eigenvalue weighted by Gasteiger charge is -2.21. The van der Waals surface area contributed by atoms with Crippen LogP contribution in [-0.2, 0) is 0 Å². The summed E-state index contributed by atoms with van der Waals surface area (Å²) in [6, 6.07) is 6.37. The number of H-pyrrole nitrogens is 1. The third kappa shape index (κ3) is 2.48. The Labute approximate surface area is 101 Å². The van der Waals surface area contributed by atoms with Gasteiger partial charge in [-0.2, -0.15) is 0 Å². The Morgan fingerprint density at radius 1 is 1.47 bits per heavy atom. The lowest BCUT2D eigenvalue weighted by molar-refractivity contribution is 0.185. The molecule has 1 unspecified atom stereocenters. The summed E-state index contributed by atoms with van der Waals surface area (Å²) in [4.78, 5) is 9.99. The summed E-state index contributed by atoms with van der Waals surface area (Å²) in [6.45, 7) is 4.97. The molecule has 0 fully saturated rings. The van der Waals surface area contributed by atoms with Crippen molar-refractivity contribution < 1.29 is 5.11 Å². The molecule has 17 heavy (non-hydrogen) atoms. The largest absolute Gasteiger partial charge is 0.395 e. The molecule has 0 saturated heterocycles. The van der Waals surface area contributed by atoms with E-state index in [1.165, 1.54) is 5.56 Å². The van der Waals surface area contributed by atoms with Crippen LogP contribution in [0.3, 0.4) is 0 Å². The monoisotopic (exact) mass is 233 g/mol. The molecule has 0 saturated carbocycles. The standard InChI is InChI=1S/C13H19N3O/c1-9-4-5-11-12(8-9)15-13(14-11)10(2)16(3)6-7-17/h4-5,8,10,17H,6-7H2,1-3H3,(H,14,15). The molecule has 0 radical (unpaired) electrons. The van der Waals surface area contributed by atoms with Crippen LogP contribution in [0, 0.1) is 6.92 Å². The van der Waals surface area contributed by atoms with Crippen molar-refractivity contribution in [2.45, 2.75) is 19.9 Å². The number of likely N-dealkylation sites (N-methyl/N-ethyl adjacent to an activating group) is 1. The molecule has 2 aromatic rings. The first-order valence-electron chi connectivity index (χ1n) is 5.89. The van der Waals surface area contributed by atoms with Gasteiger partial charge in [-0.15, -0.1) is 0 Å². The summed E-state index contributed by atoms with van der Waals surface area (Å²) in [5, 5.41) is 8.94. The van der Waals surface area contributed by atoms with Gasteiger partial charge in [-0.05, 0) is 38.6 Å². The second-order valence-corrected chi connectivity index (χ2v) is 4.52. The number of aliphatic hydroxyl groups excluding tert-OH is 1. The van der Waals surface area contributed by atoms with E-state index >= 15 is 0 Å². The van der Waals surface area contributed by atoms with Gasteiger partial charge in [0.1, 0.15) is 5.82 Å². The van der Waals surface area contributed by atoms with Gasteiger partial charge in [0, 0.05) is 6.54 Å². The molecule has 4 nitrogen and oxygen atoms in total. The molecule has 0 bridgehead atoms. The number of fused-ring (bicyclic) bond motifs is 1. The zero-order valence-corrected chi connectivity index (χ0v) is 10.6. The Kier molecular flexibility index (Phi) is 3.45. The van der Waals surface area contributed by atoms with Gasteiger partial charge in [0.2, 0.25) is 0 Å². The molecule has 0 aliphatic heterocycles. The van der Waals surface area contributed by atoms with Crippen LogP contribution in [0.2, 0.25) is 0 Å². The van der Waals surface area contributed by atoms with E-state index < -0.39 is 0 Å². The first-order chi connectivity index (χ1) is 8.11. The van der Waals surface area contributed by atoms with Crippen molar-refractivity contribution in [3.63, 3.8) is 0 Å². The van der Waals surface area contributed by atoms with Crippen LogP contribution in [0.4, 0.5) is 0 Å². The topological polar surface area (TPSA) is 52.1 Å². The number of imidazole rings is 1. The summed E-state index contributed by atoms with van der Waals surface area (Å²) in [6.07, 6.45) is 0. The number of nitrogens with one attached hydrogen (secondary N) is 1. The Bertz CT molecular complexity index is 506. The van der Waals surface area contributed by atoms with Crippen LogP contribution >= 0.6 is 0 Å². The van der Waals surface area contributed by atoms with E-state index in [9.17, 15) is 0 Å². The maximum absolute atomic E-state index is 8.94. The van der Waals surface area contributed by atoms with E-state index in [0.29, 0.717) is 6.54 Å². The minimum absolute atomic E-state index is 0.167. The molecule has 1 heterocycles. The predicted molar refractivity (Wildman–Crippen MR) is 69.0 cm³/mol. The molecule has 1 aromatic carbocycles. The van der Waals surface area contributed by atoms with Crippen LogP contribution < -0.4 is 0 Å². The summed E-state index contributed by atoms with van der Waals surface area (Å²) in [7, 11) is 1.99. The summed E-state index contributed by atoms with van der Waals surface area (Å²) in [5.41, 5.74) is 3.29. The fraction of sp³-hybridized carbons (Fsp3) is 0.462. The molecule has 0 aliphatic rings. The molecule has 1 atom stereocenters. The SMILES string of the molecule is Cc1ccc2nc(C(C)N(C)CCO)[nH]c2c1. The van der Waals surface area contributed by atoms with Crippen LogP contribution in [0.15, 0.2) is 18.2 Å². The van der Waals surface area contributed by atoms with Gasteiger partial charge in [0.15, 0.2) is 0 Å². The number of hydrogen-bond acceptors (Lipinski definition) is 3. The molecular formula is C13H19N3O. The van der Waals surface area contributed by atoms with E-state index in [1.54, 1.807) is 0 Å². The fourth-order valence-electron chi connectivity index (χ4n) is 1.90. The number of aliphatic hydroxyl groups is 1. The Hall–Kier alpha value is -1.39. The molecule has 4 heteroatoms. The van der Waals surface area contributed by atoms with Crippen molar-refractivity contribution in [2.24, 2.45) is 0 Å². The van der Waals surface area contributed by atoms with Crippen LogP contribution in [0.5, 0.6) is 0 Å². The van der Waals surface area contributed by atoms with Crippen molar-refractivity contribution >= 4 is 11.0 Å². The highest BCUT2D eigenvalue weighted by atomic mass is 16.3. The van der Waals surface area contributed by atoms with Gasteiger partial charge >= 0.3 is 0 Å². The summed E-state index contributed by atoms with van der Waals surface area (Å²) in [5.74, 6) is 0.946. The molecule has 92 valence electrons. The Balaban J connectivity index is 2.29. The third-order valence-electron chi connectivity index (χ3n) is 3.17. The van der Waals surface area contributed by atoms with Crippen molar-refractivity contribution in [2.75, 3.05) is 20.2 Å². The average molecular weight is 233 g/mol. The zero-order valence-electron chi connectivity index (χ0n) is 10.6. The second kappa shape index (κ2) is 4.85. The maximum Gasteiger partial charge on any atom is 0.124 e. The number of aryl methyl sites for hydroxylation is 1. The number of benzene rings is 1. The molecule has 0 amide bonds. The van der Waals surface area contributed by atoms with Crippen LogP contribution in [0.25, 0.3) is 11.0 Å². The van der Waals surface area contributed by atoms with Gasteiger partial charge < -0.3 is 10.1 Å². The molecule has 1 aromatic heterocycles. The molecule has 0 spiro atoms. The van der Waals surface area contributed by atoms with Gasteiger partial charge in [0.25, 0.3) is 0 Å². The normalized spacial score (nSPS) is 13.5. The number of aromatic nitrogens is 2. The Morgan fingerprint density at radius 3 is 2.94 bits per heavy atom. The van der Waals surface area contributed by atoms with E-state index in [-0.39, 0.29) is 12.6 Å². The highest BCUT2D eigenvalue weighted by Gasteiger charge is 2.14. The highest BCUT2D eigenvalue weighted by Crippen LogP contribution is 2.20. The fourth-order valence-corrected chi connectivity index (χ4v) is 1.90. The first-order valence-corrected chi connectivity index (χ1v) is 5.89. The van der Waals surface area contributed by atoms with Crippen LogP contribution in [0.1, 0.15) is 24.4 Å². The van der Waals surface area contributed by atoms with E-state index in [0.717, 1.165) is 16.9 Å². The highest BCUT2D eigenvalue weighted by molar-refractivity contribution is 5.75. The van der Waals surface area contributed by atoms with Gasteiger partial charge in [-0.1, -0.05) is 6.07 Å². The lowest BCUT2D eigenvalue weighted by Crippen LogP contribution is -2.26. The molecule has 2 rings (SSSR count). The molecular weight excluding hydrogens is 214 g/mol. The van der Waals surface area contributed by atoms with Crippen LogP contribution in [-0.4, -0.2) is 40.2 Å². The smallest absolute Gasteiger partial charge is 0.124 e. The number of nitrogens with zero attached hydrogens (tertiary/aromatic N) is 2. The number of rotatable bonds is 4. The maximum atomic E-state index is 8.94. The van der Waals surface area contributed by atoms with E-state index in [4.69, 9.17) is 5.11 Å². The first kappa shape index (κ1) is 12.1. The number of aromatic amines is 1. The zero-order chi connectivity index (χ0) is 12.4. The summed E-state index contributed by atoms with van der Waals surface area (Å²) < 4.78 is 0. The van der Waals surface area contributed by atoms with E-state index in [1.807, 2.05) is 13.1 Å². The van der Waals surface area contributed by atoms with Crippen molar-refractivity contribution in [1.82, 2.24) is 14.9 Å². The van der Waals surface area contributed by atoms with E-state index in [2.05, 4.69) is 40.8 Å². The van der Waals surface area contributed by atoms with Gasteiger partial charge in [-0.3, -0.25) is 4.90 Å². The van der Waals surface area contributed by atoms with Gasteiger partial charge in [-0.25, -0.2) is 4.98 Å². The van der Waals surface area contributed by atoms with Gasteiger partial charge in [0.05, 0.1) is 23.7 Å². The molecule has 2 N–H and O–H groups in total. The minimum Gasteiger partial charge on any atom is -0.395 e. The number of hydrogen-bond donors (Lipinski definition) is 2. The van der Waals surface area contributed by atoms with Crippen molar-refractivity contribution in [3.8, 4) is 0 Å². The molecule has 0 aliphatic carbocycles. The quantitative estimate of drug-likeness (QED) is 0.847. The average Bonchev–Trinajstić information content (AvgIpc) is 2.71. The van der Waals surface area contributed by atoms with Crippen molar-refractivity contribution in [1.29, 1.82) is 0 Å². The lowest BCUT2D eigenvalue weighted by atomic mass is 10.2. The third-order valence-corrected chi connectivity index (χ3v) is 3.17. The van der Waals surface area contributed by atoms with Crippen molar-refractivity contribution in [3.05, 3.63) is 29.6 Å². The minimum atomic E-state index is 0.167. The summed E-state index contributed by atoms with van der Waals surface area (Å²) >= 11 is 0. The Morgan fingerprint density at radius 2 is 2.24 bits per heavy atom. The predicted octanol–water partition coefficient (Wildman–Crippen LogP) is 1.86. The second-order valence-electron chi connectivity index (χ2n) is 4.52.